The fraction of sp³-hybridized carbons (Fsp3) is 0.917. The van der Waals surface area contributed by atoms with Gasteiger partial charge in [-0.2, -0.15) is 0 Å². The average Bonchev–Trinajstić information content (AvgIpc) is 2.84. The fourth-order valence-electron chi connectivity index (χ4n) is 2.49. The summed E-state index contributed by atoms with van der Waals surface area (Å²) in [5.41, 5.74) is 0. The van der Waals surface area contributed by atoms with E-state index in [9.17, 15) is 4.79 Å². The first-order valence-electron chi connectivity index (χ1n) is 6.46. The standard InChI is InChI=1S/C12H23N3O2/c1-14-6-5-13-8-10(14)9-15(2)12(16)11-4-3-7-17-11/h10-11,13H,3-9H2,1-2H3. The van der Waals surface area contributed by atoms with Gasteiger partial charge in [0.2, 0.25) is 0 Å². The molecule has 0 saturated carbocycles. The van der Waals surface area contributed by atoms with Crippen LogP contribution in [-0.2, 0) is 9.53 Å². The Balaban J connectivity index is 1.82. The van der Waals surface area contributed by atoms with Gasteiger partial charge in [-0.05, 0) is 19.9 Å². The van der Waals surface area contributed by atoms with Gasteiger partial charge < -0.3 is 15.0 Å². The summed E-state index contributed by atoms with van der Waals surface area (Å²) in [4.78, 5) is 16.2. The lowest BCUT2D eigenvalue weighted by Crippen LogP contribution is -2.55. The maximum Gasteiger partial charge on any atom is 0.251 e. The summed E-state index contributed by atoms with van der Waals surface area (Å²) in [7, 11) is 4.00. The van der Waals surface area contributed by atoms with Crippen molar-refractivity contribution in [2.45, 2.75) is 25.0 Å². The predicted octanol–water partition coefficient (Wildman–Crippen LogP) is -0.473. The molecular weight excluding hydrogens is 218 g/mol. The van der Waals surface area contributed by atoms with Crippen LogP contribution in [0.25, 0.3) is 0 Å². The molecule has 0 aliphatic carbocycles. The molecule has 0 aromatic heterocycles. The second-order valence-electron chi connectivity index (χ2n) is 5.06. The summed E-state index contributed by atoms with van der Waals surface area (Å²) < 4.78 is 5.43. The minimum Gasteiger partial charge on any atom is -0.368 e. The van der Waals surface area contributed by atoms with Gasteiger partial charge in [-0.1, -0.05) is 0 Å². The van der Waals surface area contributed by atoms with Gasteiger partial charge >= 0.3 is 0 Å². The largest absolute Gasteiger partial charge is 0.368 e. The Morgan fingerprint density at radius 1 is 1.59 bits per heavy atom. The Bertz CT molecular complexity index is 266. The highest BCUT2D eigenvalue weighted by molar-refractivity contribution is 5.80. The number of hydrogen-bond acceptors (Lipinski definition) is 4. The lowest BCUT2D eigenvalue weighted by atomic mass is 10.1. The van der Waals surface area contributed by atoms with Crippen molar-refractivity contribution in [3.63, 3.8) is 0 Å². The van der Waals surface area contributed by atoms with E-state index >= 15 is 0 Å². The van der Waals surface area contributed by atoms with Crippen molar-refractivity contribution in [2.24, 2.45) is 0 Å². The van der Waals surface area contributed by atoms with E-state index in [2.05, 4.69) is 17.3 Å². The van der Waals surface area contributed by atoms with Crippen LogP contribution in [0.4, 0.5) is 0 Å². The van der Waals surface area contributed by atoms with Crippen molar-refractivity contribution in [3.05, 3.63) is 0 Å². The van der Waals surface area contributed by atoms with Crippen LogP contribution in [0.2, 0.25) is 0 Å². The number of nitrogens with zero attached hydrogens (tertiary/aromatic N) is 2. The SMILES string of the molecule is CN(CC1CNCCN1C)C(=O)C1CCCO1. The molecular formula is C12H23N3O2. The van der Waals surface area contributed by atoms with Gasteiger partial charge in [-0.25, -0.2) is 0 Å². The van der Waals surface area contributed by atoms with Crippen LogP contribution < -0.4 is 5.32 Å². The minimum atomic E-state index is -0.193. The van der Waals surface area contributed by atoms with Crippen molar-refractivity contribution in [2.75, 3.05) is 46.9 Å². The molecule has 5 nitrogen and oxygen atoms in total. The molecule has 0 aromatic carbocycles. The van der Waals surface area contributed by atoms with Crippen molar-refractivity contribution in [3.8, 4) is 0 Å². The van der Waals surface area contributed by atoms with Gasteiger partial charge in [-0.15, -0.1) is 0 Å². The average molecular weight is 241 g/mol. The third-order valence-electron chi connectivity index (χ3n) is 3.71. The zero-order chi connectivity index (χ0) is 12.3. The predicted molar refractivity (Wildman–Crippen MR) is 65.9 cm³/mol. The number of ether oxygens (including phenoxy) is 1. The lowest BCUT2D eigenvalue weighted by Gasteiger charge is -2.36. The molecule has 2 rings (SSSR count). The fourth-order valence-corrected chi connectivity index (χ4v) is 2.49. The second-order valence-corrected chi connectivity index (χ2v) is 5.06. The first-order valence-corrected chi connectivity index (χ1v) is 6.46. The lowest BCUT2D eigenvalue weighted by molar-refractivity contribution is -0.140. The molecule has 5 heteroatoms. The molecule has 98 valence electrons. The molecule has 2 atom stereocenters. The Kier molecular flexibility index (Phi) is 4.36. The van der Waals surface area contributed by atoms with E-state index in [1.807, 2.05) is 11.9 Å². The highest BCUT2D eigenvalue weighted by Crippen LogP contribution is 2.14. The molecule has 2 saturated heterocycles. The monoisotopic (exact) mass is 241 g/mol. The number of carbonyl (C=O) groups is 1. The number of hydrogen-bond donors (Lipinski definition) is 1. The van der Waals surface area contributed by atoms with E-state index in [1.54, 1.807) is 0 Å². The molecule has 2 aliphatic rings. The second kappa shape index (κ2) is 5.80. The van der Waals surface area contributed by atoms with Crippen molar-refractivity contribution < 1.29 is 9.53 Å². The highest BCUT2D eigenvalue weighted by Gasteiger charge is 2.29. The van der Waals surface area contributed by atoms with Gasteiger partial charge in [0, 0.05) is 45.9 Å². The van der Waals surface area contributed by atoms with E-state index in [1.165, 1.54) is 0 Å². The van der Waals surface area contributed by atoms with Crippen LogP contribution in [0.15, 0.2) is 0 Å². The zero-order valence-corrected chi connectivity index (χ0v) is 10.8. The number of nitrogens with one attached hydrogen (secondary N) is 1. The molecule has 2 fully saturated rings. The number of rotatable bonds is 3. The van der Waals surface area contributed by atoms with E-state index in [0.717, 1.165) is 45.6 Å². The summed E-state index contributed by atoms with van der Waals surface area (Å²) in [6, 6.07) is 0.416. The maximum absolute atomic E-state index is 12.1. The Labute approximate surface area is 103 Å². The molecule has 1 amide bonds. The number of likely N-dealkylation sites (N-methyl/N-ethyl adjacent to an activating group) is 2. The number of amides is 1. The van der Waals surface area contributed by atoms with E-state index in [0.29, 0.717) is 6.04 Å². The quantitative estimate of drug-likeness (QED) is 0.725. The van der Waals surface area contributed by atoms with Gasteiger partial charge in [0.25, 0.3) is 5.91 Å². The Morgan fingerprint density at radius 3 is 3.06 bits per heavy atom. The van der Waals surface area contributed by atoms with Crippen molar-refractivity contribution in [1.29, 1.82) is 0 Å². The summed E-state index contributed by atoms with van der Waals surface area (Å²) in [5.74, 6) is 0.140. The van der Waals surface area contributed by atoms with Crippen LogP contribution in [0.1, 0.15) is 12.8 Å². The third kappa shape index (κ3) is 3.18. The van der Waals surface area contributed by atoms with Gasteiger partial charge in [0.05, 0.1) is 0 Å². The molecule has 2 aliphatic heterocycles. The normalized spacial score (nSPS) is 30.5. The summed E-state index contributed by atoms with van der Waals surface area (Å²) >= 11 is 0. The Hall–Kier alpha value is -0.650. The zero-order valence-electron chi connectivity index (χ0n) is 10.8. The summed E-state index contributed by atoms with van der Waals surface area (Å²) in [6.45, 7) is 4.56. The number of carbonyl (C=O) groups excluding carboxylic acids is 1. The molecule has 17 heavy (non-hydrogen) atoms. The maximum atomic E-state index is 12.1. The minimum absolute atomic E-state index is 0.140. The van der Waals surface area contributed by atoms with Crippen molar-refractivity contribution in [1.82, 2.24) is 15.1 Å². The van der Waals surface area contributed by atoms with Gasteiger partial charge in [0.15, 0.2) is 0 Å². The first-order chi connectivity index (χ1) is 8.18. The number of piperazine rings is 1. The topological polar surface area (TPSA) is 44.8 Å². The van der Waals surface area contributed by atoms with Crippen LogP contribution >= 0.6 is 0 Å². The molecule has 0 bridgehead atoms. The Morgan fingerprint density at radius 2 is 2.41 bits per heavy atom. The van der Waals surface area contributed by atoms with Crippen LogP contribution in [0.3, 0.4) is 0 Å². The van der Waals surface area contributed by atoms with Crippen LogP contribution in [0.5, 0.6) is 0 Å². The third-order valence-corrected chi connectivity index (χ3v) is 3.71. The molecule has 0 aromatic rings. The van der Waals surface area contributed by atoms with Gasteiger partial charge in [0.1, 0.15) is 6.10 Å². The molecule has 2 unspecified atom stereocenters. The van der Waals surface area contributed by atoms with E-state index in [4.69, 9.17) is 4.74 Å². The molecule has 2 heterocycles. The van der Waals surface area contributed by atoms with Crippen molar-refractivity contribution >= 4 is 5.91 Å². The summed E-state index contributed by atoms with van der Waals surface area (Å²) in [6.07, 6.45) is 1.69. The molecule has 0 spiro atoms. The van der Waals surface area contributed by atoms with Crippen LogP contribution in [0, 0.1) is 0 Å². The summed E-state index contributed by atoms with van der Waals surface area (Å²) in [5, 5.41) is 3.37. The van der Waals surface area contributed by atoms with Gasteiger partial charge in [-0.3, -0.25) is 9.69 Å². The van der Waals surface area contributed by atoms with E-state index < -0.39 is 0 Å². The highest BCUT2D eigenvalue weighted by atomic mass is 16.5. The van der Waals surface area contributed by atoms with Crippen LogP contribution in [-0.4, -0.2) is 74.7 Å². The molecule has 0 radical (unpaired) electrons. The van der Waals surface area contributed by atoms with E-state index in [-0.39, 0.29) is 12.0 Å². The first kappa shape index (κ1) is 12.8. The molecule has 1 N–H and O–H groups in total. The smallest absolute Gasteiger partial charge is 0.251 e.